The van der Waals surface area contributed by atoms with Gasteiger partial charge < -0.3 is 14.7 Å². The molecule has 120 valence electrons. The van der Waals surface area contributed by atoms with Gasteiger partial charge in [0.15, 0.2) is 11.2 Å². The number of phenolic OH excluding ortho intramolecular Hbond substituents is 1. The Morgan fingerprint density at radius 3 is 2.61 bits per heavy atom. The van der Waals surface area contributed by atoms with Crippen LogP contribution in [-0.2, 0) is 6.54 Å². The third-order valence-corrected chi connectivity index (χ3v) is 4.00. The second-order valence-electron chi connectivity index (χ2n) is 5.84. The average molecular weight is 312 g/mol. The van der Waals surface area contributed by atoms with Crippen molar-refractivity contribution in [3.05, 3.63) is 39.9 Å². The minimum absolute atomic E-state index is 0.193. The minimum Gasteiger partial charge on any atom is -0.507 e. The van der Waals surface area contributed by atoms with E-state index in [0.717, 1.165) is 36.1 Å². The van der Waals surface area contributed by atoms with Crippen molar-refractivity contribution in [2.24, 2.45) is 0 Å². The molecule has 0 atom stereocenters. The van der Waals surface area contributed by atoms with E-state index in [-0.39, 0.29) is 11.3 Å². The number of hydrogen-bond acceptors (Lipinski definition) is 4. The Kier molecular flexibility index (Phi) is 3.90. The van der Waals surface area contributed by atoms with E-state index in [4.69, 9.17) is 0 Å². The van der Waals surface area contributed by atoms with Gasteiger partial charge in [0.1, 0.15) is 11.6 Å². The number of nitrogens with zero attached hydrogens (tertiary/aromatic N) is 3. The first-order valence-electron chi connectivity index (χ1n) is 7.77. The molecule has 0 radical (unpaired) electrons. The predicted molar refractivity (Wildman–Crippen MR) is 89.6 cm³/mol. The first kappa shape index (κ1) is 15.3. The van der Waals surface area contributed by atoms with Crippen LogP contribution in [0.2, 0.25) is 0 Å². The van der Waals surface area contributed by atoms with Crippen molar-refractivity contribution in [3.8, 4) is 17.1 Å². The molecule has 0 saturated heterocycles. The summed E-state index contributed by atoms with van der Waals surface area (Å²) in [6, 6.07) is 3.61. The first-order valence-corrected chi connectivity index (χ1v) is 7.77. The number of unbranched alkanes of at least 4 members (excludes halogenated alkanes) is 1. The number of imidazole rings is 1. The van der Waals surface area contributed by atoms with Crippen LogP contribution in [0.15, 0.2) is 23.3 Å². The van der Waals surface area contributed by atoms with Crippen LogP contribution in [0.1, 0.15) is 30.9 Å². The van der Waals surface area contributed by atoms with Gasteiger partial charge in [0.2, 0.25) is 0 Å². The van der Waals surface area contributed by atoms with Crippen molar-refractivity contribution >= 4 is 11.2 Å². The molecule has 0 aliphatic rings. The number of rotatable bonds is 4. The van der Waals surface area contributed by atoms with Crippen LogP contribution in [0.3, 0.4) is 0 Å². The van der Waals surface area contributed by atoms with Crippen molar-refractivity contribution in [2.45, 2.75) is 40.2 Å². The van der Waals surface area contributed by atoms with Gasteiger partial charge in [-0.15, -0.1) is 0 Å². The normalized spacial score (nSPS) is 11.3. The fraction of sp³-hybridized carbons (Fsp3) is 0.353. The molecule has 3 aromatic rings. The number of benzene rings is 1. The highest BCUT2D eigenvalue weighted by molar-refractivity contribution is 5.73. The van der Waals surface area contributed by atoms with Gasteiger partial charge in [-0.25, -0.2) is 9.97 Å². The number of phenols is 1. The molecule has 0 amide bonds. The van der Waals surface area contributed by atoms with E-state index in [1.165, 1.54) is 0 Å². The monoisotopic (exact) mass is 312 g/mol. The predicted octanol–water partition coefficient (Wildman–Crippen LogP) is 2.91. The maximum Gasteiger partial charge on any atom is 0.277 e. The molecule has 6 heteroatoms. The van der Waals surface area contributed by atoms with Gasteiger partial charge in [0, 0.05) is 12.1 Å². The summed E-state index contributed by atoms with van der Waals surface area (Å²) in [6.45, 7) is 6.51. The molecule has 0 saturated carbocycles. The van der Waals surface area contributed by atoms with Crippen molar-refractivity contribution in [1.82, 2.24) is 19.5 Å². The van der Waals surface area contributed by atoms with E-state index in [0.29, 0.717) is 17.0 Å². The van der Waals surface area contributed by atoms with Gasteiger partial charge >= 0.3 is 0 Å². The average Bonchev–Trinajstić information content (AvgIpc) is 2.93. The van der Waals surface area contributed by atoms with Crippen LogP contribution in [0, 0.1) is 13.8 Å². The molecular formula is C17H20N4O2. The molecule has 0 aliphatic heterocycles. The van der Waals surface area contributed by atoms with Crippen molar-refractivity contribution in [3.63, 3.8) is 0 Å². The van der Waals surface area contributed by atoms with Crippen LogP contribution in [0.4, 0.5) is 0 Å². The van der Waals surface area contributed by atoms with Crippen LogP contribution >= 0.6 is 0 Å². The van der Waals surface area contributed by atoms with Gasteiger partial charge in [-0.05, 0) is 43.5 Å². The quantitative estimate of drug-likeness (QED) is 0.776. The lowest BCUT2D eigenvalue weighted by Crippen LogP contribution is -2.13. The summed E-state index contributed by atoms with van der Waals surface area (Å²) in [7, 11) is 0. The lowest BCUT2D eigenvalue weighted by Gasteiger charge is -2.08. The Balaban J connectivity index is 2.12. The largest absolute Gasteiger partial charge is 0.507 e. The van der Waals surface area contributed by atoms with Gasteiger partial charge in [0.25, 0.3) is 5.56 Å². The molecular weight excluding hydrogens is 292 g/mol. The molecule has 23 heavy (non-hydrogen) atoms. The highest BCUT2D eigenvalue weighted by Crippen LogP contribution is 2.27. The number of aromatic nitrogens is 4. The third-order valence-electron chi connectivity index (χ3n) is 4.00. The van der Waals surface area contributed by atoms with Gasteiger partial charge in [-0.3, -0.25) is 4.79 Å². The summed E-state index contributed by atoms with van der Waals surface area (Å²) in [6.07, 6.45) is 3.71. The summed E-state index contributed by atoms with van der Waals surface area (Å²) in [4.78, 5) is 24.0. The van der Waals surface area contributed by atoms with Crippen LogP contribution in [0.25, 0.3) is 22.6 Å². The minimum atomic E-state index is -0.193. The highest BCUT2D eigenvalue weighted by atomic mass is 16.3. The van der Waals surface area contributed by atoms with E-state index in [1.54, 1.807) is 18.5 Å². The van der Waals surface area contributed by atoms with E-state index in [1.807, 2.05) is 18.4 Å². The maximum atomic E-state index is 12.4. The van der Waals surface area contributed by atoms with E-state index in [9.17, 15) is 9.90 Å². The number of aromatic hydroxyl groups is 1. The molecule has 2 heterocycles. The lowest BCUT2D eigenvalue weighted by atomic mass is 10.1. The zero-order valence-electron chi connectivity index (χ0n) is 13.6. The lowest BCUT2D eigenvalue weighted by molar-refractivity contribution is 0.467. The van der Waals surface area contributed by atoms with Crippen LogP contribution < -0.4 is 5.56 Å². The summed E-state index contributed by atoms with van der Waals surface area (Å²) < 4.78 is 1.85. The highest BCUT2D eigenvalue weighted by Gasteiger charge is 2.13. The zero-order chi connectivity index (χ0) is 16.6. The van der Waals surface area contributed by atoms with Crippen LogP contribution in [-0.4, -0.2) is 24.6 Å². The molecule has 0 unspecified atom stereocenters. The summed E-state index contributed by atoms with van der Waals surface area (Å²) >= 11 is 0. The molecule has 0 fully saturated rings. The Morgan fingerprint density at radius 2 is 1.96 bits per heavy atom. The fourth-order valence-corrected chi connectivity index (χ4v) is 2.71. The third kappa shape index (κ3) is 2.72. The van der Waals surface area contributed by atoms with Gasteiger partial charge in [0.05, 0.1) is 6.33 Å². The Morgan fingerprint density at radius 1 is 1.26 bits per heavy atom. The molecule has 2 aromatic heterocycles. The second kappa shape index (κ2) is 5.87. The van der Waals surface area contributed by atoms with Crippen molar-refractivity contribution < 1.29 is 5.11 Å². The summed E-state index contributed by atoms with van der Waals surface area (Å²) in [5.41, 5.74) is 3.02. The Hall–Kier alpha value is -2.63. The van der Waals surface area contributed by atoms with E-state index < -0.39 is 0 Å². The number of aryl methyl sites for hydroxylation is 3. The number of fused-ring (bicyclic) bond motifs is 1. The first-order chi connectivity index (χ1) is 11.0. The molecule has 0 bridgehead atoms. The summed E-state index contributed by atoms with van der Waals surface area (Å²) in [5.74, 6) is 0.732. The number of aromatic amines is 1. The molecule has 3 rings (SSSR count). The maximum absolute atomic E-state index is 12.4. The topological polar surface area (TPSA) is 83.8 Å². The smallest absolute Gasteiger partial charge is 0.277 e. The SMILES string of the molecule is CCCCn1cnc2nc(-c3cc(C)c(O)c(C)c3)[nH]c(=O)c21. The van der Waals surface area contributed by atoms with Gasteiger partial charge in [-0.1, -0.05) is 13.3 Å². The number of nitrogens with one attached hydrogen (secondary N) is 1. The van der Waals surface area contributed by atoms with Crippen molar-refractivity contribution in [1.29, 1.82) is 0 Å². The standard InChI is InChI=1S/C17H20N4O2/c1-4-5-6-21-9-18-16-13(21)17(23)20-15(19-16)12-7-10(2)14(22)11(3)8-12/h7-9,22H,4-6H2,1-3H3,(H,19,20,23). The van der Waals surface area contributed by atoms with Crippen molar-refractivity contribution in [2.75, 3.05) is 0 Å². The molecule has 6 nitrogen and oxygen atoms in total. The number of H-pyrrole nitrogens is 1. The Bertz CT molecular complexity index is 901. The molecule has 0 aliphatic carbocycles. The summed E-state index contributed by atoms with van der Waals surface area (Å²) in [5, 5.41) is 9.88. The van der Waals surface area contributed by atoms with E-state index >= 15 is 0 Å². The molecule has 1 aromatic carbocycles. The van der Waals surface area contributed by atoms with Crippen LogP contribution in [0.5, 0.6) is 5.75 Å². The van der Waals surface area contributed by atoms with Gasteiger partial charge in [-0.2, -0.15) is 0 Å². The number of hydrogen-bond donors (Lipinski definition) is 2. The molecule has 0 spiro atoms. The zero-order valence-corrected chi connectivity index (χ0v) is 13.6. The second-order valence-corrected chi connectivity index (χ2v) is 5.84. The van der Waals surface area contributed by atoms with E-state index in [2.05, 4.69) is 21.9 Å². The fourth-order valence-electron chi connectivity index (χ4n) is 2.71. The Labute approximate surface area is 133 Å². The molecule has 2 N–H and O–H groups in total.